The predicted molar refractivity (Wildman–Crippen MR) is 154 cm³/mol. The molecule has 9 heteroatoms. The lowest BCUT2D eigenvalue weighted by Crippen LogP contribution is -2.28. The van der Waals surface area contributed by atoms with E-state index < -0.39 is 5.60 Å². The van der Waals surface area contributed by atoms with E-state index in [0.29, 0.717) is 31.7 Å². The molecule has 1 N–H and O–H groups in total. The first-order chi connectivity index (χ1) is 18.3. The number of halogens is 2. The molecule has 1 atom stereocenters. The third-order valence-electron chi connectivity index (χ3n) is 6.82. The van der Waals surface area contributed by atoms with Gasteiger partial charge in [0.25, 0.3) is 0 Å². The van der Waals surface area contributed by atoms with Crippen molar-refractivity contribution in [3.63, 3.8) is 0 Å². The summed E-state index contributed by atoms with van der Waals surface area (Å²) in [6.07, 6.45) is 2.70. The number of ether oxygens (including phenoxy) is 1. The number of nitrogens with one attached hydrogen (secondary N) is 1. The number of benzene rings is 3. The Bertz CT molecular complexity index is 1340. The standard InChI is InChI=1S/C29H31FIN5O2/c1-36(2)15-3-14-29(23-7-9-24(30)10-8-23)25-11-4-21(16-22(25)19-38-29)18-33-28(37)13-6-20-5-12-27(34-35-32)26(31)17-20/h4-5,7-12,16-17H,3,6,13-15,18-19H2,1-2H3,(H,33,37)/t29-/m0/s1/i31-2. The Morgan fingerprint density at radius 3 is 2.63 bits per heavy atom. The summed E-state index contributed by atoms with van der Waals surface area (Å²) in [6, 6.07) is 18.4. The highest BCUT2D eigenvalue weighted by Crippen LogP contribution is 2.45. The van der Waals surface area contributed by atoms with Gasteiger partial charge in [0.05, 0.1) is 12.3 Å². The van der Waals surface area contributed by atoms with Crippen molar-refractivity contribution >= 4 is 34.2 Å². The summed E-state index contributed by atoms with van der Waals surface area (Å²) in [4.78, 5) is 17.5. The molecule has 0 bridgehead atoms. The van der Waals surface area contributed by atoms with Crippen molar-refractivity contribution < 1.29 is 13.9 Å². The van der Waals surface area contributed by atoms with Crippen LogP contribution in [0.5, 0.6) is 0 Å². The zero-order valence-electron chi connectivity index (χ0n) is 21.6. The van der Waals surface area contributed by atoms with Crippen LogP contribution in [0, 0.1) is 9.39 Å². The van der Waals surface area contributed by atoms with E-state index in [1.165, 1.54) is 12.1 Å². The number of amides is 1. The number of aryl methyl sites for hydroxylation is 1. The maximum absolute atomic E-state index is 13.7. The lowest BCUT2D eigenvalue weighted by atomic mass is 9.81. The van der Waals surface area contributed by atoms with Gasteiger partial charge in [-0.05, 0) is 114 Å². The minimum atomic E-state index is -0.605. The molecular weight excluding hydrogens is 594 g/mol. The smallest absolute Gasteiger partial charge is 0.220 e. The molecule has 0 saturated heterocycles. The van der Waals surface area contributed by atoms with E-state index in [1.54, 1.807) is 6.07 Å². The monoisotopic (exact) mass is 625 g/mol. The highest BCUT2D eigenvalue weighted by molar-refractivity contribution is 14.1. The summed E-state index contributed by atoms with van der Waals surface area (Å²) < 4.78 is 21.0. The molecule has 1 heterocycles. The fourth-order valence-corrected chi connectivity index (χ4v) is 5.57. The van der Waals surface area contributed by atoms with Gasteiger partial charge >= 0.3 is 0 Å². The van der Waals surface area contributed by atoms with Gasteiger partial charge in [0.1, 0.15) is 11.4 Å². The van der Waals surface area contributed by atoms with Crippen molar-refractivity contribution in [2.75, 3.05) is 20.6 Å². The molecule has 0 spiro atoms. The highest BCUT2D eigenvalue weighted by atomic mass is 125. The van der Waals surface area contributed by atoms with Crippen LogP contribution in [-0.2, 0) is 34.7 Å². The van der Waals surface area contributed by atoms with E-state index in [1.807, 2.05) is 30.3 Å². The van der Waals surface area contributed by atoms with Crippen molar-refractivity contribution in [1.82, 2.24) is 10.2 Å². The number of carbonyl (C=O) groups excluding carboxylic acids is 1. The third-order valence-corrected chi connectivity index (χ3v) is 7.68. The number of carbonyl (C=O) groups is 1. The van der Waals surface area contributed by atoms with Crippen LogP contribution >= 0.6 is 22.6 Å². The summed E-state index contributed by atoms with van der Waals surface area (Å²) >= 11 is 2.13. The van der Waals surface area contributed by atoms with E-state index in [4.69, 9.17) is 10.3 Å². The van der Waals surface area contributed by atoms with Crippen molar-refractivity contribution in [3.8, 4) is 0 Å². The normalized spacial score (nSPS) is 16.2. The zero-order valence-corrected chi connectivity index (χ0v) is 23.7. The Kier molecular flexibility index (Phi) is 9.38. The minimum absolute atomic E-state index is 0.0276. The second-order valence-electron chi connectivity index (χ2n) is 9.77. The second kappa shape index (κ2) is 12.7. The minimum Gasteiger partial charge on any atom is -0.361 e. The van der Waals surface area contributed by atoms with Crippen molar-refractivity contribution in [2.45, 2.75) is 44.4 Å². The van der Waals surface area contributed by atoms with E-state index in [0.717, 1.165) is 50.8 Å². The van der Waals surface area contributed by atoms with E-state index in [-0.39, 0.29) is 11.7 Å². The Morgan fingerprint density at radius 2 is 1.92 bits per heavy atom. The molecule has 0 unspecified atom stereocenters. The van der Waals surface area contributed by atoms with Gasteiger partial charge in [0.2, 0.25) is 5.91 Å². The van der Waals surface area contributed by atoms with Gasteiger partial charge < -0.3 is 15.0 Å². The summed E-state index contributed by atoms with van der Waals surface area (Å²) in [5.74, 6) is -0.290. The molecule has 0 radical (unpaired) electrons. The molecule has 3 aromatic rings. The Morgan fingerprint density at radius 1 is 1.16 bits per heavy atom. The Labute approximate surface area is 236 Å². The molecule has 1 aliphatic rings. The summed E-state index contributed by atoms with van der Waals surface area (Å²) in [5.41, 5.74) is 13.8. The molecule has 38 heavy (non-hydrogen) atoms. The Balaban J connectivity index is 1.41. The third kappa shape index (κ3) is 6.71. The summed E-state index contributed by atoms with van der Waals surface area (Å²) in [6.45, 7) is 1.84. The second-order valence-corrected chi connectivity index (χ2v) is 10.9. The van der Waals surface area contributed by atoms with Crippen molar-refractivity contribution in [3.05, 3.63) is 108 Å². The molecule has 0 aromatic heterocycles. The first kappa shape index (κ1) is 28.0. The van der Waals surface area contributed by atoms with Crippen LogP contribution in [0.3, 0.4) is 0 Å². The first-order valence-electron chi connectivity index (χ1n) is 12.6. The average Bonchev–Trinajstić information content (AvgIpc) is 3.26. The quantitative estimate of drug-likeness (QED) is 0.111. The molecule has 0 fully saturated rings. The van der Waals surface area contributed by atoms with Gasteiger partial charge in [-0.2, -0.15) is 0 Å². The van der Waals surface area contributed by atoms with Crippen molar-refractivity contribution in [2.24, 2.45) is 5.11 Å². The number of nitrogens with zero attached hydrogens (tertiary/aromatic N) is 4. The van der Waals surface area contributed by atoms with Crippen LogP contribution < -0.4 is 5.32 Å². The SMILES string of the molecule is CN(C)CCC[C@@]1(c2ccc(F)cc2)OCc2cc(CNC(=O)CCc3ccc(N=[N+]=[N-])c([125I])c3)ccc21. The number of hydrogen-bond donors (Lipinski definition) is 1. The van der Waals surface area contributed by atoms with E-state index >= 15 is 0 Å². The topological polar surface area (TPSA) is 90.3 Å². The van der Waals surface area contributed by atoms with Gasteiger partial charge in [-0.25, -0.2) is 4.39 Å². The molecular formula is C29H31FIN5O2. The summed E-state index contributed by atoms with van der Waals surface area (Å²) in [7, 11) is 4.11. The van der Waals surface area contributed by atoms with Crippen LogP contribution in [0.25, 0.3) is 10.4 Å². The van der Waals surface area contributed by atoms with E-state index in [9.17, 15) is 9.18 Å². The molecule has 3 aromatic carbocycles. The zero-order chi connectivity index (χ0) is 27.1. The van der Waals surface area contributed by atoms with Gasteiger partial charge in [-0.15, -0.1) is 0 Å². The maximum Gasteiger partial charge on any atom is 0.220 e. The van der Waals surface area contributed by atoms with Crippen LogP contribution in [0.2, 0.25) is 0 Å². The summed E-state index contributed by atoms with van der Waals surface area (Å²) in [5, 5.41) is 6.67. The maximum atomic E-state index is 13.7. The largest absolute Gasteiger partial charge is 0.361 e. The van der Waals surface area contributed by atoms with Gasteiger partial charge in [-0.3, -0.25) is 4.79 Å². The lowest BCUT2D eigenvalue weighted by molar-refractivity contribution is -0.121. The van der Waals surface area contributed by atoms with Crippen LogP contribution in [0.15, 0.2) is 65.8 Å². The molecule has 0 aliphatic carbocycles. The first-order valence-corrected chi connectivity index (χ1v) is 13.7. The van der Waals surface area contributed by atoms with Gasteiger partial charge in [-0.1, -0.05) is 47.6 Å². The molecule has 198 valence electrons. The number of hydrogen-bond acceptors (Lipinski definition) is 4. The number of fused-ring (bicyclic) bond motifs is 1. The highest BCUT2D eigenvalue weighted by Gasteiger charge is 2.41. The van der Waals surface area contributed by atoms with Gasteiger partial charge in [0.15, 0.2) is 0 Å². The molecule has 1 aliphatic heterocycles. The molecule has 1 amide bonds. The van der Waals surface area contributed by atoms with Crippen LogP contribution in [-0.4, -0.2) is 31.4 Å². The lowest BCUT2D eigenvalue weighted by Gasteiger charge is -2.31. The van der Waals surface area contributed by atoms with E-state index in [2.05, 4.69) is 69.1 Å². The fourth-order valence-electron chi connectivity index (χ4n) is 4.88. The molecule has 4 rings (SSSR count). The van der Waals surface area contributed by atoms with Gasteiger partial charge in [0, 0.05) is 21.4 Å². The average molecular weight is 626 g/mol. The predicted octanol–water partition coefficient (Wildman–Crippen LogP) is 6.74. The number of azide groups is 1. The fraction of sp³-hybridized carbons (Fsp3) is 0.345. The molecule has 0 saturated carbocycles. The number of rotatable bonds is 11. The van der Waals surface area contributed by atoms with Crippen LogP contribution in [0.1, 0.15) is 47.1 Å². The Hall–Kier alpha value is -2.98. The molecule has 7 nitrogen and oxygen atoms in total. The van der Waals surface area contributed by atoms with Crippen molar-refractivity contribution in [1.29, 1.82) is 0 Å². The van der Waals surface area contributed by atoms with Crippen LogP contribution in [0.4, 0.5) is 10.1 Å².